The van der Waals surface area contributed by atoms with E-state index in [1.807, 2.05) is 27.0 Å². The molecule has 4 atom stereocenters. The summed E-state index contributed by atoms with van der Waals surface area (Å²) in [5.74, 6) is -0.200. The van der Waals surface area contributed by atoms with Crippen molar-refractivity contribution in [1.29, 1.82) is 0 Å². The molecule has 10 nitrogen and oxygen atoms in total. The topological polar surface area (TPSA) is 119 Å². The fourth-order valence-electron chi connectivity index (χ4n) is 4.52. The van der Waals surface area contributed by atoms with E-state index in [4.69, 9.17) is 4.74 Å². The van der Waals surface area contributed by atoms with Crippen LogP contribution in [-0.4, -0.2) is 97.3 Å². The lowest BCUT2D eigenvalue weighted by molar-refractivity contribution is -0.138. The lowest BCUT2D eigenvalue weighted by Gasteiger charge is -2.38. The van der Waals surface area contributed by atoms with E-state index in [-0.39, 0.29) is 24.5 Å². The van der Waals surface area contributed by atoms with Gasteiger partial charge < -0.3 is 14.4 Å². The van der Waals surface area contributed by atoms with Gasteiger partial charge in [-0.3, -0.25) is 14.6 Å². The van der Waals surface area contributed by atoms with Crippen molar-refractivity contribution in [2.75, 3.05) is 39.8 Å². The van der Waals surface area contributed by atoms with Gasteiger partial charge in [0.25, 0.3) is 5.91 Å². The lowest BCUT2D eigenvalue weighted by atomic mass is 9.86. The minimum absolute atomic E-state index is 0.149. The summed E-state index contributed by atoms with van der Waals surface area (Å²) in [6.45, 7) is 13.6. The second-order valence-electron chi connectivity index (χ2n) is 10.4. The minimum Gasteiger partial charge on any atom is -0.596 e. The molecule has 0 aliphatic carbocycles. The fraction of sp³-hybridized carbons (Fsp3) is 0.857. The Hall–Kier alpha value is -1.24. The molecule has 3 rings (SSSR count). The summed E-state index contributed by atoms with van der Waals surface area (Å²) in [6.07, 6.45) is 2.17. The maximum absolute atomic E-state index is 13.6. The number of hydrogen-bond donors (Lipinski definition) is 2. The van der Waals surface area contributed by atoms with Gasteiger partial charge in [-0.2, -0.15) is 0 Å². The van der Waals surface area contributed by atoms with E-state index in [9.17, 15) is 14.5 Å². The fourth-order valence-corrected chi connectivity index (χ4v) is 5.61. The summed E-state index contributed by atoms with van der Waals surface area (Å²) in [6, 6.07) is -0.618. The first-order valence-electron chi connectivity index (χ1n) is 11.2. The monoisotopic (exact) mass is 470 g/mol. The molecule has 2 aliphatic rings. The van der Waals surface area contributed by atoms with Crippen molar-refractivity contribution in [3.05, 3.63) is 11.9 Å². The Morgan fingerprint density at radius 1 is 1.47 bits per heavy atom. The third-order valence-electron chi connectivity index (χ3n) is 6.03. The number of carbonyl (C=O) groups excluding carboxylic acids is 1. The van der Waals surface area contributed by atoms with Crippen LogP contribution < -0.4 is 4.72 Å². The molecule has 2 N–H and O–H groups in total. The molecule has 1 aromatic heterocycles. The number of nitrogens with zero attached hydrogens (tertiary/aromatic N) is 5. The molecule has 0 bridgehead atoms. The normalized spacial score (nSPS) is 26.3. The van der Waals surface area contributed by atoms with Gasteiger partial charge in [-0.15, -0.1) is 9.82 Å². The van der Waals surface area contributed by atoms with E-state index in [0.717, 1.165) is 38.4 Å². The lowest BCUT2D eigenvalue weighted by Crippen LogP contribution is -2.49. The summed E-state index contributed by atoms with van der Waals surface area (Å²) < 4.78 is 22.5. The summed E-state index contributed by atoms with van der Waals surface area (Å²) >= 11 is -1.45. The molecule has 1 unspecified atom stereocenters. The maximum atomic E-state index is 13.6. The average Bonchev–Trinajstić information content (AvgIpc) is 3.30. The van der Waals surface area contributed by atoms with Gasteiger partial charge in [-0.1, -0.05) is 26.0 Å². The zero-order chi connectivity index (χ0) is 23.7. The summed E-state index contributed by atoms with van der Waals surface area (Å²) in [5.41, 5.74) is 0.229. The van der Waals surface area contributed by atoms with E-state index in [1.165, 1.54) is 4.90 Å². The van der Waals surface area contributed by atoms with Crippen molar-refractivity contribution >= 4 is 17.3 Å². The first-order valence-corrected chi connectivity index (χ1v) is 12.5. The van der Waals surface area contributed by atoms with Gasteiger partial charge in [0.1, 0.15) is 6.04 Å². The van der Waals surface area contributed by atoms with Gasteiger partial charge in [0.05, 0.1) is 41.9 Å². The molecule has 2 saturated heterocycles. The number of rotatable bonds is 7. The smallest absolute Gasteiger partial charge is 0.251 e. The van der Waals surface area contributed by atoms with Crippen molar-refractivity contribution in [3.63, 3.8) is 0 Å². The molecule has 2 aliphatic heterocycles. The standard InChI is InChI=1S/C21H38N6O4S/c1-20(2,3)18(19(29)26-13-16(28)11-17(26)32(30)22-6)27-12-15(23-24-27)7-8-25-9-10-31-21(4,5)14-25/h12,16-18,22,28H,7-11,13-14H2,1-6H3/t16-,17-,18-,32?/m1/s1. The molecular formula is C21H38N6O4S. The number of likely N-dealkylation sites (tertiary alicyclic amines) is 1. The average molecular weight is 471 g/mol. The largest absolute Gasteiger partial charge is 0.596 e. The molecule has 0 radical (unpaired) electrons. The number of nitrogens with one attached hydrogen (secondary N) is 1. The molecular weight excluding hydrogens is 432 g/mol. The van der Waals surface area contributed by atoms with Crippen molar-refractivity contribution in [2.24, 2.45) is 5.41 Å². The molecule has 1 aromatic rings. The van der Waals surface area contributed by atoms with Crippen LogP contribution in [0.2, 0.25) is 0 Å². The summed E-state index contributed by atoms with van der Waals surface area (Å²) in [4.78, 5) is 17.5. The molecule has 0 spiro atoms. The van der Waals surface area contributed by atoms with Gasteiger partial charge >= 0.3 is 0 Å². The Kier molecular flexibility index (Phi) is 7.89. The summed E-state index contributed by atoms with van der Waals surface area (Å²) in [7, 11) is 1.59. The second-order valence-corrected chi connectivity index (χ2v) is 12.0. The molecule has 0 saturated carbocycles. The number of hydrogen-bond acceptors (Lipinski definition) is 8. The van der Waals surface area contributed by atoms with Crippen LogP contribution in [-0.2, 0) is 27.3 Å². The molecule has 0 aromatic carbocycles. The Labute approximate surface area is 194 Å². The highest BCUT2D eigenvalue weighted by molar-refractivity contribution is 7.90. The van der Waals surface area contributed by atoms with Crippen LogP contribution in [0.1, 0.15) is 52.8 Å². The third-order valence-corrected chi connectivity index (χ3v) is 7.37. The molecule has 3 heterocycles. The zero-order valence-corrected chi connectivity index (χ0v) is 20.9. The van der Waals surface area contributed by atoms with Gasteiger partial charge in [-0.25, -0.2) is 4.68 Å². The SMILES string of the molecule is CN[S+]([O-])[C@@H]1C[C@@H](O)CN1C(=O)[C@@H](n1cc(CCN2CCOC(C)(C)C2)nn1)C(C)(C)C. The Balaban J connectivity index is 1.73. The van der Waals surface area contributed by atoms with Gasteiger partial charge in [0.2, 0.25) is 5.37 Å². The number of amides is 1. The highest BCUT2D eigenvalue weighted by Crippen LogP contribution is 2.35. The van der Waals surface area contributed by atoms with E-state index in [1.54, 1.807) is 11.7 Å². The third kappa shape index (κ3) is 6.00. The molecule has 32 heavy (non-hydrogen) atoms. The van der Waals surface area contributed by atoms with Crippen LogP contribution in [0.3, 0.4) is 0 Å². The van der Waals surface area contributed by atoms with Gasteiger partial charge in [0.15, 0.2) is 0 Å². The number of aromatic nitrogens is 3. The first kappa shape index (κ1) is 25.4. The highest BCUT2D eigenvalue weighted by Gasteiger charge is 2.47. The van der Waals surface area contributed by atoms with E-state index in [0.29, 0.717) is 0 Å². The van der Waals surface area contributed by atoms with Crippen molar-refractivity contribution in [2.45, 2.75) is 70.6 Å². The molecule has 11 heteroatoms. The number of β-amino-alcohol motifs (C(OH)–C–C–N with tert-alkyl or cyclic N) is 1. The molecule has 1 amide bonds. The van der Waals surface area contributed by atoms with Crippen molar-refractivity contribution < 1.29 is 19.2 Å². The van der Waals surface area contributed by atoms with E-state index >= 15 is 0 Å². The quantitative estimate of drug-likeness (QED) is 0.547. The summed E-state index contributed by atoms with van der Waals surface area (Å²) in [5, 5.41) is 18.2. The van der Waals surface area contributed by atoms with E-state index < -0.39 is 34.3 Å². The minimum atomic E-state index is -1.45. The van der Waals surface area contributed by atoms with Crippen LogP contribution in [0.5, 0.6) is 0 Å². The number of morpholine rings is 1. The Morgan fingerprint density at radius 3 is 2.81 bits per heavy atom. The van der Waals surface area contributed by atoms with Gasteiger partial charge in [-0.05, 0) is 19.3 Å². The van der Waals surface area contributed by atoms with Crippen LogP contribution in [0.15, 0.2) is 6.20 Å². The predicted molar refractivity (Wildman–Crippen MR) is 122 cm³/mol. The first-order chi connectivity index (χ1) is 14.9. The van der Waals surface area contributed by atoms with Crippen molar-refractivity contribution in [1.82, 2.24) is 29.5 Å². The molecule has 182 valence electrons. The van der Waals surface area contributed by atoms with Crippen LogP contribution in [0.4, 0.5) is 0 Å². The maximum Gasteiger partial charge on any atom is 0.251 e. The van der Waals surface area contributed by atoms with E-state index in [2.05, 4.69) is 33.8 Å². The van der Waals surface area contributed by atoms with Gasteiger partial charge in [0, 0.05) is 45.7 Å². The second kappa shape index (κ2) is 9.94. The Morgan fingerprint density at radius 2 is 2.19 bits per heavy atom. The molecule has 2 fully saturated rings. The highest BCUT2D eigenvalue weighted by atomic mass is 32.2. The number of aliphatic hydroxyl groups excluding tert-OH is 1. The predicted octanol–water partition coefficient (Wildman–Crippen LogP) is 0.321. The van der Waals surface area contributed by atoms with Crippen LogP contribution in [0.25, 0.3) is 0 Å². The number of carbonyl (C=O) groups is 1. The zero-order valence-electron chi connectivity index (χ0n) is 20.1. The van der Waals surface area contributed by atoms with Crippen molar-refractivity contribution in [3.8, 4) is 0 Å². The number of ether oxygens (including phenoxy) is 1. The Bertz CT molecular complexity index is 783. The number of aliphatic hydroxyl groups is 1. The van der Waals surface area contributed by atoms with Crippen LogP contribution >= 0.6 is 0 Å². The van der Waals surface area contributed by atoms with Crippen LogP contribution in [0, 0.1) is 5.41 Å².